The standard InChI is InChI=1S/C14H8BrFN2O2/c15-11-6-2-5-10-12(14(19)20)17-13(18(10)11)8-3-1-4-9(16)7-8/h1-7H,(H,19,20). The fourth-order valence-electron chi connectivity index (χ4n) is 2.07. The number of aromatic carboxylic acids is 1. The number of rotatable bonds is 2. The van der Waals surface area contributed by atoms with Gasteiger partial charge < -0.3 is 5.11 Å². The Labute approximate surface area is 121 Å². The molecule has 0 unspecified atom stereocenters. The minimum atomic E-state index is -1.12. The highest BCUT2D eigenvalue weighted by Crippen LogP contribution is 2.27. The number of pyridine rings is 1. The van der Waals surface area contributed by atoms with E-state index >= 15 is 0 Å². The largest absolute Gasteiger partial charge is 0.476 e. The summed E-state index contributed by atoms with van der Waals surface area (Å²) in [5.41, 5.74) is 0.899. The Morgan fingerprint density at radius 1 is 1.25 bits per heavy atom. The van der Waals surface area contributed by atoms with Crippen molar-refractivity contribution >= 4 is 27.4 Å². The number of carboxylic acids is 1. The van der Waals surface area contributed by atoms with E-state index in [-0.39, 0.29) is 5.69 Å². The van der Waals surface area contributed by atoms with Crippen LogP contribution in [0.2, 0.25) is 0 Å². The molecule has 100 valence electrons. The first-order valence-corrected chi connectivity index (χ1v) is 6.53. The minimum absolute atomic E-state index is 0.0643. The lowest BCUT2D eigenvalue weighted by Gasteiger charge is -2.03. The molecule has 1 aromatic carbocycles. The monoisotopic (exact) mass is 334 g/mol. The van der Waals surface area contributed by atoms with E-state index < -0.39 is 11.8 Å². The van der Waals surface area contributed by atoms with Gasteiger partial charge in [-0.3, -0.25) is 4.40 Å². The normalized spacial score (nSPS) is 10.9. The Hall–Kier alpha value is -2.21. The quantitative estimate of drug-likeness (QED) is 0.728. The van der Waals surface area contributed by atoms with Crippen LogP contribution < -0.4 is 0 Å². The van der Waals surface area contributed by atoms with E-state index in [4.69, 9.17) is 0 Å². The van der Waals surface area contributed by atoms with Gasteiger partial charge in [-0.15, -0.1) is 0 Å². The number of hydrogen-bond acceptors (Lipinski definition) is 2. The van der Waals surface area contributed by atoms with E-state index in [1.54, 1.807) is 34.7 Å². The van der Waals surface area contributed by atoms with Crippen LogP contribution >= 0.6 is 15.9 Å². The molecule has 1 N–H and O–H groups in total. The predicted molar refractivity (Wildman–Crippen MR) is 75.2 cm³/mol. The molecule has 0 spiro atoms. The van der Waals surface area contributed by atoms with E-state index in [0.717, 1.165) is 0 Å². The summed E-state index contributed by atoms with van der Waals surface area (Å²) >= 11 is 3.36. The van der Waals surface area contributed by atoms with Crippen molar-refractivity contribution in [3.8, 4) is 11.4 Å². The zero-order valence-corrected chi connectivity index (χ0v) is 11.6. The van der Waals surface area contributed by atoms with Gasteiger partial charge >= 0.3 is 5.97 Å². The van der Waals surface area contributed by atoms with Crippen molar-refractivity contribution in [3.63, 3.8) is 0 Å². The molecular weight excluding hydrogens is 327 g/mol. The zero-order chi connectivity index (χ0) is 14.3. The summed E-state index contributed by atoms with van der Waals surface area (Å²) in [6, 6.07) is 11.0. The minimum Gasteiger partial charge on any atom is -0.476 e. The van der Waals surface area contributed by atoms with Gasteiger partial charge in [0.15, 0.2) is 5.69 Å². The molecule has 0 atom stereocenters. The molecule has 0 saturated carbocycles. The number of fused-ring (bicyclic) bond motifs is 1. The fourth-order valence-corrected chi connectivity index (χ4v) is 2.59. The molecule has 2 heterocycles. The van der Waals surface area contributed by atoms with Crippen molar-refractivity contribution in [2.75, 3.05) is 0 Å². The predicted octanol–water partition coefficient (Wildman–Crippen LogP) is 3.60. The summed E-state index contributed by atoms with van der Waals surface area (Å²) in [6.07, 6.45) is 0. The van der Waals surface area contributed by atoms with E-state index in [0.29, 0.717) is 21.5 Å². The lowest BCUT2D eigenvalue weighted by Crippen LogP contribution is -1.97. The van der Waals surface area contributed by atoms with Gasteiger partial charge in [0.05, 0.1) is 10.1 Å². The molecule has 0 radical (unpaired) electrons. The Morgan fingerprint density at radius 2 is 2.00 bits per heavy atom. The van der Waals surface area contributed by atoms with Crippen molar-refractivity contribution in [1.82, 2.24) is 9.38 Å². The number of carbonyl (C=O) groups is 1. The van der Waals surface area contributed by atoms with E-state index in [1.807, 2.05) is 0 Å². The third kappa shape index (κ3) is 1.98. The van der Waals surface area contributed by atoms with Gasteiger partial charge in [-0.05, 0) is 40.2 Å². The van der Waals surface area contributed by atoms with Crippen LogP contribution in [0.4, 0.5) is 4.39 Å². The van der Waals surface area contributed by atoms with E-state index in [9.17, 15) is 14.3 Å². The summed E-state index contributed by atoms with van der Waals surface area (Å²) in [6.45, 7) is 0. The maximum absolute atomic E-state index is 13.4. The maximum atomic E-state index is 13.4. The first kappa shape index (κ1) is 12.8. The fraction of sp³-hybridized carbons (Fsp3) is 0. The van der Waals surface area contributed by atoms with Crippen molar-refractivity contribution in [3.05, 3.63) is 58.6 Å². The molecule has 20 heavy (non-hydrogen) atoms. The van der Waals surface area contributed by atoms with Crippen LogP contribution in [0.15, 0.2) is 47.1 Å². The Kier molecular flexibility index (Phi) is 3.02. The van der Waals surface area contributed by atoms with Crippen LogP contribution in [-0.2, 0) is 0 Å². The first-order valence-electron chi connectivity index (χ1n) is 5.74. The average Bonchev–Trinajstić information content (AvgIpc) is 2.80. The molecule has 4 nitrogen and oxygen atoms in total. The number of halogens is 2. The first-order chi connectivity index (χ1) is 9.58. The second-order valence-corrected chi connectivity index (χ2v) is 4.98. The SMILES string of the molecule is O=C(O)c1nc(-c2cccc(F)c2)n2c(Br)cccc12. The van der Waals surface area contributed by atoms with E-state index in [2.05, 4.69) is 20.9 Å². The van der Waals surface area contributed by atoms with Crippen LogP contribution in [0, 0.1) is 5.82 Å². The lowest BCUT2D eigenvalue weighted by molar-refractivity contribution is 0.0693. The summed E-state index contributed by atoms with van der Waals surface area (Å²) in [5, 5.41) is 9.22. The molecule has 3 aromatic rings. The maximum Gasteiger partial charge on any atom is 0.356 e. The highest BCUT2D eigenvalue weighted by Gasteiger charge is 2.19. The van der Waals surface area contributed by atoms with Crippen molar-refractivity contribution in [1.29, 1.82) is 0 Å². The van der Waals surface area contributed by atoms with Crippen LogP contribution in [0.25, 0.3) is 16.9 Å². The van der Waals surface area contributed by atoms with Gasteiger partial charge in [0.2, 0.25) is 0 Å². The van der Waals surface area contributed by atoms with Gasteiger partial charge in [-0.25, -0.2) is 14.2 Å². The number of nitrogens with zero attached hydrogens (tertiary/aromatic N) is 2. The van der Waals surface area contributed by atoms with Gasteiger partial charge in [0, 0.05) is 5.56 Å². The van der Waals surface area contributed by atoms with Crippen LogP contribution in [0.3, 0.4) is 0 Å². The van der Waals surface area contributed by atoms with Crippen molar-refractivity contribution < 1.29 is 14.3 Å². The summed E-state index contributed by atoms with van der Waals surface area (Å²) in [4.78, 5) is 15.4. The van der Waals surface area contributed by atoms with Crippen molar-refractivity contribution in [2.24, 2.45) is 0 Å². The van der Waals surface area contributed by atoms with Crippen LogP contribution in [0.5, 0.6) is 0 Å². The summed E-state index contributed by atoms with van der Waals surface area (Å²) < 4.78 is 15.6. The van der Waals surface area contributed by atoms with E-state index in [1.165, 1.54) is 12.1 Å². The highest BCUT2D eigenvalue weighted by atomic mass is 79.9. The van der Waals surface area contributed by atoms with Crippen LogP contribution in [0.1, 0.15) is 10.5 Å². The highest BCUT2D eigenvalue weighted by molar-refractivity contribution is 9.10. The molecular formula is C14H8BrFN2O2. The molecule has 3 rings (SSSR count). The molecule has 0 saturated heterocycles. The van der Waals surface area contributed by atoms with Gasteiger partial charge in [-0.2, -0.15) is 0 Å². The molecule has 2 aromatic heterocycles. The number of hydrogen-bond donors (Lipinski definition) is 1. The second-order valence-electron chi connectivity index (χ2n) is 4.17. The average molecular weight is 335 g/mol. The molecule has 6 heteroatoms. The molecule has 0 aliphatic carbocycles. The second kappa shape index (κ2) is 4.72. The zero-order valence-electron chi connectivity index (χ0n) is 10.0. The number of aromatic nitrogens is 2. The molecule has 0 aliphatic heterocycles. The Balaban J connectivity index is 2.39. The Morgan fingerprint density at radius 3 is 2.70 bits per heavy atom. The van der Waals surface area contributed by atoms with Gasteiger partial charge in [-0.1, -0.05) is 18.2 Å². The van der Waals surface area contributed by atoms with Crippen molar-refractivity contribution in [2.45, 2.75) is 0 Å². The topological polar surface area (TPSA) is 54.6 Å². The molecule has 0 bridgehead atoms. The lowest BCUT2D eigenvalue weighted by atomic mass is 10.2. The van der Waals surface area contributed by atoms with Gasteiger partial charge in [0.25, 0.3) is 0 Å². The number of benzene rings is 1. The molecule has 0 aliphatic rings. The molecule has 0 amide bonds. The number of imidazole rings is 1. The third-order valence-electron chi connectivity index (χ3n) is 2.90. The smallest absolute Gasteiger partial charge is 0.356 e. The third-order valence-corrected chi connectivity index (χ3v) is 3.52. The van der Waals surface area contributed by atoms with Gasteiger partial charge in [0.1, 0.15) is 11.6 Å². The van der Waals surface area contributed by atoms with Crippen LogP contribution in [-0.4, -0.2) is 20.5 Å². The summed E-state index contributed by atoms with van der Waals surface area (Å²) in [5.74, 6) is -1.14. The Bertz CT molecular complexity index is 829. The number of carboxylic acid groups (broad SMARTS) is 1. The molecule has 0 fully saturated rings. The summed E-state index contributed by atoms with van der Waals surface area (Å²) in [7, 11) is 0.